The monoisotopic (exact) mass is 490 g/mol. The molecule has 9 heteroatoms. The Labute approximate surface area is 197 Å². The van der Waals surface area contributed by atoms with Crippen LogP contribution >= 0.6 is 0 Å². The molecule has 0 saturated carbocycles. The lowest BCUT2D eigenvalue weighted by molar-refractivity contribution is -0.137. The highest BCUT2D eigenvalue weighted by atomic mass is 32.2. The number of halogens is 3. The van der Waals surface area contributed by atoms with E-state index < -0.39 is 33.7 Å². The first kappa shape index (κ1) is 25.5. The molecule has 0 heterocycles. The van der Waals surface area contributed by atoms with Crippen LogP contribution in [0.1, 0.15) is 27.8 Å². The third-order valence-corrected chi connectivity index (χ3v) is 7.03. The van der Waals surface area contributed by atoms with Gasteiger partial charge in [0.25, 0.3) is 0 Å². The summed E-state index contributed by atoms with van der Waals surface area (Å²) < 4.78 is 67.5. The highest BCUT2D eigenvalue weighted by Crippen LogP contribution is 2.30. The van der Waals surface area contributed by atoms with Crippen LogP contribution in [0.2, 0.25) is 0 Å². The van der Waals surface area contributed by atoms with Crippen molar-refractivity contribution >= 4 is 21.6 Å². The first-order valence-electron chi connectivity index (χ1n) is 10.5. The molecule has 0 aliphatic carbocycles. The fourth-order valence-corrected chi connectivity index (χ4v) is 5.49. The standard InChI is InChI=1S/C25H25F3N2O3S/c1-16-13-17(2)23(18(3)14-16)34(32,33)30-22(15-19-7-5-4-6-8-19)24(31)29-21-11-9-20(10-12-21)25(26,27)28/h4-14,22,30H,15H2,1-3H3,(H,29,31)/t22-/m0/s1. The van der Waals surface area contributed by atoms with Gasteiger partial charge in [0, 0.05) is 5.69 Å². The van der Waals surface area contributed by atoms with E-state index in [4.69, 9.17) is 0 Å². The molecule has 1 atom stereocenters. The summed E-state index contributed by atoms with van der Waals surface area (Å²) in [5.74, 6) is -0.686. The van der Waals surface area contributed by atoms with Gasteiger partial charge in [-0.25, -0.2) is 8.42 Å². The molecule has 0 spiro atoms. The summed E-state index contributed by atoms with van der Waals surface area (Å²) in [6.07, 6.45) is -4.45. The highest BCUT2D eigenvalue weighted by Gasteiger charge is 2.31. The summed E-state index contributed by atoms with van der Waals surface area (Å²) in [6.45, 7) is 5.23. The lowest BCUT2D eigenvalue weighted by atomic mass is 10.1. The third kappa shape index (κ3) is 6.24. The molecular weight excluding hydrogens is 465 g/mol. The maximum Gasteiger partial charge on any atom is 0.416 e. The van der Waals surface area contributed by atoms with Crippen LogP contribution in [-0.2, 0) is 27.4 Å². The topological polar surface area (TPSA) is 75.3 Å². The maximum absolute atomic E-state index is 13.3. The molecule has 3 aromatic carbocycles. The molecule has 0 bridgehead atoms. The van der Waals surface area contributed by atoms with Gasteiger partial charge in [0.2, 0.25) is 15.9 Å². The van der Waals surface area contributed by atoms with Crippen LogP contribution in [0, 0.1) is 20.8 Å². The normalized spacial score (nSPS) is 12.9. The van der Waals surface area contributed by atoms with E-state index >= 15 is 0 Å². The first-order valence-corrected chi connectivity index (χ1v) is 12.0. The van der Waals surface area contributed by atoms with Crippen molar-refractivity contribution in [2.75, 3.05) is 5.32 Å². The molecular formula is C25H25F3N2O3S. The molecule has 0 radical (unpaired) electrons. The number of rotatable bonds is 7. The lowest BCUT2D eigenvalue weighted by Crippen LogP contribution is -2.45. The Bertz CT molecular complexity index is 1250. The van der Waals surface area contributed by atoms with E-state index in [2.05, 4.69) is 10.0 Å². The molecule has 0 aliphatic heterocycles. The van der Waals surface area contributed by atoms with Crippen LogP contribution in [0.5, 0.6) is 0 Å². The van der Waals surface area contributed by atoms with E-state index in [-0.39, 0.29) is 17.0 Å². The van der Waals surface area contributed by atoms with Gasteiger partial charge in [-0.15, -0.1) is 0 Å². The molecule has 1 amide bonds. The Morgan fingerprint density at radius 3 is 2.00 bits per heavy atom. The minimum atomic E-state index is -4.50. The Balaban J connectivity index is 1.90. The van der Waals surface area contributed by atoms with Crippen molar-refractivity contribution in [3.8, 4) is 0 Å². The predicted molar refractivity (Wildman–Crippen MR) is 125 cm³/mol. The summed E-state index contributed by atoms with van der Waals surface area (Å²) in [5, 5.41) is 2.52. The summed E-state index contributed by atoms with van der Waals surface area (Å²) >= 11 is 0. The number of nitrogens with one attached hydrogen (secondary N) is 2. The van der Waals surface area contributed by atoms with Crippen molar-refractivity contribution in [1.29, 1.82) is 0 Å². The second-order valence-electron chi connectivity index (χ2n) is 8.16. The fraction of sp³-hybridized carbons (Fsp3) is 0.240. The van der Waals surface area contributed by atoms with Crippen LogP contribution in [0.4, 0.5) is 18.9 Å². The largest absolute Gasteiger partial charge is 0.416 e. The zero-order chi connectivity index (χ0) is 25.1. The zero-order valence-electron chi connectivity index (χ0n) is 18.9. The van der Waals surface area contributed by atoms with Gasteiger partial charge >= 0.3 is 6.18 Å². The molecule has 180 valence electrons. The summed E-state index contributed by atoms with van der Waals surface area (Å²) in [7, 11) is -4.08. The Kier molecular flexibility index (Phi) is 7.48. The Hall–Kier alpha value is -3.17. The van der Waals surface area contributed by atoms with Crippen molar-refractivity contribution in [3.63, 3.8) is 0 Å². The number of anilines is 1. The van der Waals surface area contributed by atoms with Gasteiger partial charge in [0.1, 0.15) is 6.04 Å². The van der Waals surface area contributed by atoms with Gasteiger partial charge in [-0.2, -0.15) is 17.9 Å². The van der Waals surface area contributed by atoms with E-state index in [1.165, 1.54) is 0 Å². The summed E-state index contributed by atoms with van der Waals surface area (Å²) in [5.41, 5.74) is 2.00. The molecule has 0 unspecified atom stereocenters. The predicted octanol–water partition coefficient (Wildman–Crippen LogP) is 5.16. The zero-order valence-corrected chi connectivity index (χ0v) is 19.7. The van der Waals surface area contributed by atoms with Crippen molar-refractivity contribution in [2.24, 2.45) is 0 Å². The van der Waals surface area contributed by atoms with Gasteiger partial charge in [-0.05, 0) is 68.1 Å². The summed E-state index contributed by atoms with van der Waals surface area (Å²) in [6, 6.07) is 15.1. The third-order valence-electron chi connectivity index (χ3n) is 5.25. The molecule has 3 rings (SSSR count). The van der Waals surface area contributed by atoms with E-state index in [1.807, 2.05) is 6.92 Å². The quantitative estimate of drug-likeness (QED) is 0.481. The van der Waals surface area contributed by atoms with Crippen LogP contribution in [0.3, 0.4) is 0 Å². The van der Waals surface area contributed by atoms with Crippen LogP contribution < -0.4 is 10.0 Å². The van der Waals surface area contributed by atoms with Crippen molar-refractivity contribution < 1.29 is 26.4 Å². The van der Waals surface area contributed by atoms with Crippen LogP contribution in [0.25, 0.3) is 0 Å². The lowest BCUT2D eigenvalue weighted by Gasteiger charge is -2.21. The Morgan fingerprint density at radius 2 is 1.47 bits per heavy atom. The highest BCUT2D eigenvalue weighted by molar-refractivity contribution is 7.89. The Morgan fingerprint density at radius 1 is 0.912 bits per heavy atom. The van der Waals surface area contributed by atoms with Crippen molar-refractivity contribution in [3.05, 3.63) is 94.5 Å². The summed E-state index contributed by atoms with van der Waals surface area (Å²) in [4.78, 5) is 13.2. The van der Waals surface area contributed by atoms with Crippen molar-refractivity contribution in [1.82, 2.24) is 4.72 Å². The number of alkyl halides is 3. The molecule has 0 saturated heterocycles. The van der Waals surface area contributed by atoms with Gasteiger partial charge in [0.05, 0.1) is 10.5 Å². The van der Waals surface area contributed by atoms with E-state index in [9.17, 15) is 26.4 Å². The van der Waals surface area contributed by atoms with Gasteiger partial charge in [0.15, 0.2) is 0 Å². The van der Waals surface area contributed by atoms with Crippen LogP contribution in [0.15, 0.2) is 71.6 Å². The average molecular weight is 491 g/mol. The molecule has 2 N–H and O–H groups in total. The average Bonchev–Trinajstić information content (AvgIpc) is 2.72. The minimum absolute atomic E-state index is 0.0521. The second kappa shape index (κ2) is 9.99. The van der Waals surface area contributed by atoms with E-state index in [0.717, 1.165) is 35.4 Å². The maximum atomic E-state index is 13.3. The second-order valence-corrected chi connectivity index (χ2v) is 9.81. The number of hydrogen-bond donors (Lipinski definition) is 2. The van der Waals surface area contributed by atoms with Crippen LogP contribution in [-0.4, -0.2) is 20.4 Å². The minimum Gasteiger partial charge on any atom is -0.325 e. The number of amides is 1. The van der Waals surface area contributed by atoms with Crippen molar-refractivity contribution in [2.45, 2.75) is 44.3 Å². The first-order chi connectivity index (χ1) is 15.9. The molecule has 0 aromatic heterocycles. The molecule has 34 heavy (non-hydrogen) atoms. The van der Waals surface area contributed by atoms with Gasteiger partial charge in [-0.3, -0.25) is 4.79 Å². The molecule has 5 nitrogen and oxygen atoms in total. The number of sulfonamides is 1. The number of hydrogen-bond acceptors (Lipinski definition) is 3. The van der Waals surface area contributed by atoms with E-state index in [1.54, 1.807) is 56.3 Å². The smallest absolute Gasteiger partial charge is 0.325 e. The van der Waals surface area contributed by atoms with E-state index in [0.29, 0.717) is 11.1 Å². The van der Waals surface area contributed by atoms with Gasteiger partial charge < -0.3 is 5.32 Å². The molecule has 0 fully saturated rings. The SMILES string of the molecule is Cc1cc(C)c(S(=O)(=O)N[C@@H](Cc2ccccc2)C(=O)Nc2ccc(C(F)(F)F)cc2)c(C)c1. The number of aryl methyl sites for hydroxylation is 3. The van der Waals surface area contributed by atoms with Gasteiger partial charge in [-0.1, -0.05) is 48.0 Å². The molecule has 3 aromatic rings. The number of benzene rings is 3. The number of carbonyl (C=O) groups excluding carboxylic acids is 1. The molecule has 0 aliphatic rings. The fourth-order valence-electron chi connectivity index (χ4n) is 3.85. The number of carbonyl (C=O) groups is 1.